The zero-order valence-electron chi connectivity index (χ0n) is 12.3. The van der Waals surface area contributed by atoms with Gasteiger partial charge in [-0.3, -0.25) is 0 Å². The van der Waals surface area contributed by atoms with Crippen molar-refractivity contribution in [2.24, 2.45) is 5.41 Å². The SMILES string of the molecule is CC(C)(CCCl)CNS(=O)(=O)c1cccc2ccccc12. The van der Waals surface area contributed by atoms with Crippen LogP contribution in [0.3, 0.4) is 0 Å². The van der Waals surface area contributed by atoms with Crippen LogP contribution in [0.4, 0.5) is 0 Å². The van der Waals surface area contributed by atoms with Crippen molar-refractivity contribution in [2.45, 2.75) is 25.2 Å². The fourth-order valence-electron chi connectivity index (χ4n) is 2.14. The van der Waals surface area contributed by atoms with Gasteiger partial charge in [-0.1, -0.05) is 50.2 Å². The summed E-state index contributed by atoms with van der Waals surface area (Å²) >= 11 is 5.75. The lowest BCUT2D eigenvalue weighted by Crippen LogP contribution is -2.34. The molecule has 114 valence electrons. The van der Waals surface area contributed by atoms with Gasteiger partial charge in [0.2, 0.25) is 10.0 Å². The van der Waals surface area contributed by atoms with Gasteiger partial charge in [-0.25, -0.2) is 13.1 Å². The zero-order chi connectivity index (χ0) is 15.5. The third-order valence-corrected chi connectivity index (χ3v) is 5.20. The number of hydrogen-bond donors (Lipinski definition) is 1. The molecule has 0 amide bonds. The lowest BCUT2D eigenvalue weighted by Gasteiger charge is -2.23. The van der Waals surface area contributed by atoms with Crippen molar-refractivity contribution in [1.29, 1.82) is 0 Å². The minimum Gasteiger partial charge on any atom is -0.211 e. The number of fused-ring (bicyclic) bond motifs is 1. The molecule has 0 fully saturated rings. The molecule has 0 saturated carbocycles. The summed E-state index contributed by atoms with van der Waals surface area (Å²) in [4.78, 5) is 0.322. The Bertz CT molecular complexity index is 721. The third kappa shape index (κ3) is 3.96. The predicted octanol–water partition coefficient (Wildman–Crippen LogP) is 3.77. The average Bonchev–Trinajstić information content (AvgIpc) is 2.45. The normalized spacial score (nSPS) is 12.7. The molecule has 1 N–H and O–H groups in total. The average molecular weight is 326 g/mol. The van der Waals surface area contributed by atoms with Crippen LogP contribution in [0.5, 0.6) is 0 Å². The van der Waals surface area contributed by atoms with E-state index in [0.29, 0.717) is 17.3 Å². The first kappa shape index (κ1) is 16.3. The Morgan fingerprint density at radius 1 is 1.10 bits per heavy atom. The van der Waals surface area contributed by atoms with Gasteiger partial charge in [0.1, 0.15) is 0 Å². The highest BCUT2D eigenvalue weighted by atomic mass is 35.5. The van der Waals surface area contributed by atoms with Crippen molar-refractivity contribution >= 4 is 32.4 Å². The van der Waals surface area contributed by atoms with E-state index in [2.05, 4.69) is 4.72 Å². The summed E-state index contributed by atoms with van der Waals surface area (Å²) in [6.45, 7) is 4.37. The van der Waals surface area contributed by atoms with E-state index in [-0.39, 0.29) is 5.41 Å². The quantitative estimate of drug-likeness (QED) is 0.822. The molecule has 0 bridgehead atoms. The second kappa shape index (κ2) is 6.34. The molecule has 0 unspecified atom stereocenters. The summed E-state index contributed by atoms with van der Waals surface area (Å²) in [6, 6.07) is 12.8. The smallest absolute Gasteiger partial charge is 0.211 e. The van der Waals surface area contributed by atoms with Crippen molar-refractivity contribution in [2.75, 3.05) is 12.4 Å². The van der Waals surface area contributed by atoms with Crippen LogP contribution in [-0.4, -0.2) is 20.8 Å². The third-order valence-electron chi connectivity index (χ3n) is 3.55. The second-order valence-corrected chi connectivity index (χ2v) is 8.02. The molecule has 0 heterocycles. The molecule has 2 aromatic carbocycles. The van der Waals surface area contributed by atoms with E-state index in [1.54, 1.807) is 12.1 Å². The van der Waals surface area contributed by atoms with Crippen molar-refractivity contribution in [3.8, 4) is 0 Å². The maximum absolute atomic E-state index is 12.6. The Hall–Kier alpha value is -1.10. The van der Waals surface area contributed by atoms with Crippen LogP contribution in [-0.2, 0) is 10.0 Å². The second-order valence-electron chi connectivity index (χ2n) is 5.91. The summed E-state index contributed by atoms with van der Waals surface area (Å²) in [6.07, 6.45) is 0.757. The van der Waals surface area contributed by atoms with Crippen molar-refractivity contribution in [3.63, 3.8) is 0 Å². The largest absolute Gasteiger partial charge is 0.241 e. The molecule has 0 spiro atoms. The number of nitrogens with one attached hydrogen (secondary N) is 1. The van der Waals surface area contributed by atoms with Crippen LogP contribution in [0.1, 0.15) is 20.3 Å². The molecular weight excluding hydrogens is 306 g/mol. The van der Waals surface area contributed by atoms with Gasteiger partial charge in [0, 0.05) is 17.8 Å². The molecule has 0 aliphatic rings. The number of sulfonamides is 1. The zero-order valence-corrected chi connectivity index (χ0v) is 13.8. The minimum absolute atomic E-state index is 0.167. The molecule has 0 atom stereocenters. The van der Waals surface area contributed by atoms with Gasteiger partial charge < -0.3 is 0 Å². The van der Waals surface area contributed by atoms with Gasteiger partial charge in [0.25, 0.3) is 0 Å². The van der Waals surface area contributed by atoms with Crippen molar-refractivity contribution in [1.82, 2.24) is 4.72 Å². The highest BCUT2D eigenvalue weighted by molar-refractivity contribution is 7.89. The van der Waals surface area contributed by atoms with E-state index in [1.165, 1.54) is 0 Å². The first-order chi connectivity index (χ1) is 9.86. The molecule has 0 radical (unpaired) electrons. The summed E-state index contributed by atoms with van der Waals surface area (Å²) in [5.41, 5.74) is -0.167. The molecule has 0 aliphatic carbocycles. The van der Waals surface area contributed by atoms with Gasteiger partial charge in [0.05, 0.1) is 4.90 Å². The number of rotatable bonds is 6. The first-order valence-electron chi connectivity index (χ1n) is 6.89. The van der Waals surface area contributed by atoms with Gasteiger partial charge >= 0.3 is 0 Å². The lowest BCUT2D eigenvalue weighted by atomic mass is 9.91. The Morgan fingerprint density at radius 3 is 2.48 bits per heavy atom. The monoisotopic (exact) mass is 325 g/mol. The van der Waals surface area contributed by atoms with E-state index < -0.39 is 10.0 Å². The van der Waals surface area contributed by atoms with Crippen LogP contribution in [0.2, 0.25) is 0 Å². The number of hydrogen-bond acceptors (Lipinski definition) is 2. The molecule has 21 heavy (non-hydrogen) atoms. The topological polar surface area (TPSA) is 46.2 Å². The highest BCUT2D eigenvalue weighted by Gasteiger charge is 2.23. The van der Waals surface area contributed by atoms with E-state index >= 15 is 0 Å². The Kier molecular flexibility index (Phi) is 4.91. The van der Waals surface area contributed by atoms with E-state index in [9.17, 15) is 8.42 Å². The Balaban J connectivity index is 2.30. The van der Waals surface area contributed by atoms with Crippen LogP contribution < -0.4 is 4.72 Å². The van der Waals surface area contributed by atoms with Crippen LogP contribution >= 0.6 is 11.6 Å². The molecule has 5 heteroatoms. The van der Waals surface area contributed by atoms with Gasteiger partial charge in [-0.2, -0.15) is 0 Å². The minimum atomic E-state index is -3.53. The molecule has 3 nitrogen and oxygen atoms in total. The van der Waals surface area contributed by atoms with Crippen LogP contribution in [0, 0.1) is 5.41 Å². The Morgan fingerprint density at radius 2 is 1.76 bits per heavy atom. The van der Waals surface area contributed by atoms with Gasteiger partial charge in [-0.05, 0) is 23.3 Å². The maximum atomic E-state index is 12.6. The van der Waals surface area contributed by atoms with Crippen molar-refractivity contribution < 1.29 is 8.42 Å². The fourth-order valence-corrected chi connectivity index (χ4v) is 4.12. The molecule has 2 rings (SSSR count). The molecular formula is C16H20ClNO2S. The molecule has 0 saturated heterocycles. The van der Waals surface area contributed by atoms with E-state index in [0.717, 1.165) is 17.2 Å². The molecule has 0 aliphatic heterocycles. The van der Waals surface area contributed by atoms with E-state index in [1.807, 2.05) is 44.2 Å². The number of benzene rings is 2. The highest BCUT2D eigenvalue weighted by Crippen LogP contribution is 2.24. The summed E-state index contributed by atoms with van der Waals surface area (Å²) < 4.78 is 27.8. The predicted molar refractivity (Wildman–Crippen MR) is 88.3 cm³/mol. The van der Waals surface area contributed by atoms with E-state index in [4.69, 9.17) is 11.6 Å². The maximum Gasteiger partial charge on any atom is 0.241 e. The van der Waals surface area contributed by atoms with Crippen LogP contribution in [0.25, 0.3) is 10.8 Å². The Labute approximate surface area is 131 Å². The standard InChI is InChI=1S/C16H20ClNO2S/c1-16(2,10-11-17)12-18-21(19,20)15-9-5-7-13-6-3-4-8-14(13)15/h3-9,18H,10-12H2,1-2H3. The number of halogens is 1. The first-order valence-corrected chi connectivity index (χ1v) is 8.91. The summed E-state index contributed by atoms with van der Waals surface area (Å²) in [5, 5.41) is 1.66. The van der Waals surface area contributed by atoms with Crippen molar-refractivity contribution in [3.05, 3.63) is 42.5 Å². The molecule has 2 aromatic rings. The fraction of sp³-hybridized carbons (Fsp3) is 0.375. The van der Waals surface area contributed by atoms with Gasteiger partial charge in [-0.15, -0.1) is 11.6 Å². The van der Waals surface area contributed by atoms with Crippen LogP contribution in [0.15, 0.2) is 47.4 Å². The number of alkyl halides is 1. The molecule has 0 aromatic heterocycles. The summed E-state index contributed by atoms with van der Waals surface area (Å²) in [7, 11) is -3.53. The lowest BCUT2D eigenvalue weighted by molar-refractivity contribution is 0.352. The van der Waals surface area contributed by atoms with Gasteiger partial charge in [0.15, 0.2) is 0 Å². The summed E-state index contributed by atoms with van der Waals surface area (Å²) in [5.74, 6) is 0.517.